The lowest BCUT2D eigenvalue weighted by Crippen LogP contribution is -2.44. The molecule has 1 aromatic rings. The van der Waals surface area contributed by atoms with Gasteiger partial charge in [-0.1, -0.05) is 36.8 Å². The summed E-state index contributed by atoms with van der Waals surface area (Å²) in [5.41, 5.74) is 1.39. The summed E-state index contributed by atoms with van der Waals surface area (Å²) in [6.07, 6.45) is 6.29. The van der Waals surface area contributed by atoms with Crippen LogP contribution in [0, 0.1) is 5.92 Å². The maximum absolute atomic E-state index is 12.0. The number of hydrogen-bond donors (Lipinski definition) is 2. The number of carbonyl (C=O) groups excluding carboxylic acids is 1. The molecule has 5 heteroatoms. The van der Waals surface area contributed by atoms with E-state index in [1.165, 1.54) is 50.8 Å². The monoisotopic (exact) mass is 358 g/mol. The summed E-state index contributed by atoms with van der Waals surface area (Å²) in [7, 11) is 0. The predicted molar refractivity (Wildman–Crippen MR) is 106 cm³/mol. The third kappa shape index (κ3) is 6.61. The van der Waals surface area contributed by atoms with Crippen molar-refractivity contribution in [2.45, 2.75) is 38.6 Å². The predicted octanol–water partition coefficient (Wildman–Crippen LogP) is 2.68. The first-order chi connectivity index (χ1) is 12.8. The van der Waals surface area contributed by atoms with Gasteiger partial charge in [0.25, 0.3) is 0 Å². The first-order valence-electron chi connectivity index (χ1n) is 10.3. The number of amides is 2. The van der Waals surface area contributed by atoms with E-state index in [0.717, 1.165) is 39.3 Å². The number of urea groups is 1. The van der Waals surface area contributed by atoms with E-state index in [4.69, 9.17) is 0 Å². The number of hydrogen-bond acceptors (Lipinski definition) is 3. The van der Waals surface area contributed by atoms with Gasteiger partial charge in [-0.3, -0.25) is 4.90 Å². The van der Waals surface area contributed by atoms with Gasteiger partial charge in [0.2, 0.25) is 0 Å². The highest BCUT2D eigenvalue weighted by atomic mass is 16.2. The van der Waals surface area contributed by atoms with Crippen molar-refractivity contribution in [3.8, 4) is 0 Å². The van der Waals surface area contributed by atoms with Crippen LogP contribution in [-0.2, 0) is 6.54 Å². The Morgan fingerprint density at radius 2 is 1.65 bits per heavy atom. The molecule has 2 fully saturated rings. The molecule has 26 heavy (non-hydrogen) atoms. The topological polar surface area (TPSA) is 47.6 Å². The lowest BCUT2D eigenvalue weighted by atomic mass is 9.96. The zero-order chi connectivity index (χ0) is 18.0. The van der Waals surface area contributed by atoms with Crippen LogP contribution in [0.2, 0.25) is 0 Å². The van der Waals surface area contributed by atoms with Crippen LogP contribution >= 0.6 is 0 Å². The van der Waals surface area contributed by atoms with E-state index < -0.39 is 0 Å². The molecule has 2 saturated heterocycles. The molecule has 0 saturated carbocycles. The summed E-state index contributed by atoms with van der Waals surface area (Å²) < 4.78 is 0. The molecule has 0 radical (unpaired) electrons. The van der Waals surface area contributed by atoms with Gasteiger partial charge in [-0.05, 0) is 63.3 Å². The second-order valence-corrected chi connectivity index (χ2v) is 7.74. The lowest BCUT2D eigenvalue weighted by Gasteiger charge is -2.32. The molecule has 0 aromatic heterocycles. The lowest BCUT2D eigenvalue weighted by molar-refractivity contribution is 0.174. The summed E-state index contributed by atoms with van der Waals surface area (Å²) in [6.45, 7) is 8.19. The van der Waals surface area contributed by atoms with Crippen LogP contribution in [-0.4, -0.2) is 61.6 Å². The van der Waals surface area contributed by atoms with Gasteiger partial charge in [0, 0.05) is 26.2 Å². The van der Waals surface area contributed by atoms with E-state index in [0.29, 0.717) is 5.92 Å². The molecule has 2 N–H and O–H groups in total. The fraction of sp³-hybridized carbons (Fsp3) is 0.667. The van der Waals surface area contributed by atoms with Crippen molar-refractivity contribution in [3.05, 3.63) is 35.9 Å². The molecular formula is C21H34N4O. The van der Waals surface area contributed by atoms with Crippen molar-refractivity contribution in [2.24, 2.45) is 5.92 Å². The van der Waals surface area contributed by atoms with Crippen molar-refractivity contribution in [1.82, 2.24) is 20.4 Å². The van der Waals surface area contributed by atoms with E-state index >= 15 is 0 Å². The standard InChI is InChI=1S/C21H34N4O/c26-21(22-11-16-24-12-5-2-6-13-24)23-17-19-9-14-25(15-10-19)18-20-7-3-1-4-8-20/h1,3-4,7-8,19H,2,5-6,9-18H2,(H2,22,23,26). The van der Waals surface area contributed by atoms with Crippen molar-refractivity contribution < 1.29 is 4.79 Å². The van der Waals surface area contributed by atoms with E-state index in [1.807, 2.05) is 0 Å². The molecule has 5 nitrogen and oxygen atoms in total. The van der Waals surface area contributed by atoms with E-state index in [2.05, 4.69) is 50.8 Å². The summed E-state index contributed by atoms with van der Waals surface area (Å²) in [4.78, 5) is 17.0. The Hall–Kier alpha value is -1.59. The highest BCUT2D eigenvalue weighted by Gasteiger charge is 2.19. The molecule has 0 atom stereocenters. The minimum atomic E-state index is -0.00581. The van der Waals surface area contributed by atoms with E-state index in [9.17, 15) is 4.79 Å². The van der Waals surface area contributed by atoms with Gasteiger partial charge in [0.15, 0.2) is 0 Å². The number of carbonyl (C=O) groups is 1. The van der Waals surface area contributed by atoms with Gasteiger partial charge in [0.1, 0.15) is 0 Å². The summed E-state index contributed by atoms with van der Waals surface area (Å²) in [6, 6.07) is 10.7. The highest BCUT2D eigenvalue weighted by molar-refractivity contribution is 5.73. The maximum Gasteiger partial charge on any atom is 0.314 e. The van der Waals surface area contributed by atoms with Gasteiger partial charge in [-0.25, -0.2) is 4.79 Å². The first-order valence-corrected chi connectivity index (χ1v) is 10.3. The van der Waals surface area contributed by atoms with Crippen LogP contribution in [0.4, 0.5) is 4.79 Å². The molecule has 2 heterocycles. The zero-order valence-corrected chi connectivity index (χ0v) is 16.0. The van der Waals surface area contributed by atoms with Crippen LogP contribution in [0.3, 0.4) is 0 Å². The van der Waals surface area contributed by atoms with E-state index in [-0.39, 0.29) is 6.03 Å². The summed E-state index contributed by atoms with van der Waals surface area (Å²) in [5, 5.41) is 6.08. The quantitative estimate of drug-likeness (QED) is 0.788. The minimum Gasteiger partial charge on any atom is -0.338 e. The van der Waals surface area contributed by atoms with Crippen molar-refractivity contribution in [3.63, 3.8) is 0 Å². The number of nitrogens with zero attached hydrogens (tertiary/aromatic N) is 2. The number of rotatable bonds is 7. The molecule has 2 aliphatic heterocycles. The highest BCUT2D eigenvalue weighted by Crippen LogP contribution is 2.18. The number of nitrogens with one attached hydrogen (secondary N) is 2. The second-order valence-electron chi connectivity index (χ2n) is 7.74. The molecule has 0 aliphatic carbocycles. The molecule has 1 aromatic carbocycles. The molecular weight excluding hydrogens is 324 g/mol. The van der Waals surface area contributed by atoms with Gasteiger partial charge in [-0.2, -0.15) is 0 Å². The van der Waals surface area contributed by atoms with Crippen LogP contribution < -0.4 is 10.6 Å². The van der Waals surface area contributed by atoms with Crippen molar-refractivity contribution in [2.75, 3.05) is 45.8 Å². The van der Waals surface area contributed by atoms with Crippen LogP contribution in [0.1, 0.15) is 37.7 Å². The average Bonchev–Trinajstić information content (AvgIpc) is 2.69. The Labute approximate surface area is 158 Å². The van der Waals surface area contributed by atoms with E-state index in [1.54, 1.807) is 0 Å². The van der Waals surface area contributed by atoms with Crippen LogP contribution in [0.5, 0.6) is 0 Å². The Bertz CT molecular complexity index is 522. The Kier molecular flexibility index (Phi) is 7.77. The van der Waals surface area contributed by atoms with Crippen LogP contribution in [0.25, 0.3) is 0 Å². The number of benzene rings is 1. The largest absolute Gasteiger partial charge is 0.338 e. The fourth-order valence-corrected chi connectivity index (χ4v) is 4.00. The molecule has 0 bridgehead atoms. The number of piperidine rings is 2. The average molecular weight is 359 g/mol. The Morgan fingerprint density at radius 3 is 2.38 bits per heavy atom. The number of likely N-dealkylation sites (tertiary alicyclic amines) is 2. The molecule has 0 spiro atoms. The fourth-order valence-electron chi connectivity index (χ4n) is 4.00. The first kappa shape index (κ1) is 19.2. The maximum atomic E-state index is 12.0. The third-order valence-electron chi connectivity index (χ3n) is 5.67. The SMILES string of the molecule is O=C(NCCN1CCCCC1)NCC1CCN(Cc2ccccc2)CC1. The van der Waals surface area contributed by atoms with Crippen molar-refractivity contribution in [1.29, 1.82) is 0 Å². The van der Waals surface area contributed by atoms with Crippen LogP contribution in [0.15, 0.2) is 30.3 Å². The zero-order valence-electron chi connectivity index (χ0n) is 16.0. The van der Waals surface area contributed by atoms with Crippen molar-refractivity contribution >= 4 is 6.03 Å². The molecule has 2 aliphatic rings. The summed E-state index contributed by atoms with van der Waals surface area (Å²) in [5.74, 6) is 0.606. The molecule has 0 unspecified atom stereocenters. The second kappa shape index (κ2) is 10.5. The van der Waals surface area contributed by atoms with Gasteiger partial charge >= 0.3 is 6.03 Å². The molecule has 144 valence electrons. The third-order valence-corrected chi connectivity index (χ3v) is 5.67. The Balaban J connectivity index is 1.24. The van der Waals surface area contributed by atoms with Gasteiger partial charge < -0.3 is 15.5 Å². The Morgan fingerprint density at radius 1 is 0.923 bits per heavy atom. The smallest absolute Gasteiger partial charge is 0.314 e. The molecule has 3 rings (SSSR count). The van der Waals surface area contributed by atoms with Gasteiger partial charge in [-0.15, -0.1) is 0 Å². The summed E-state index contributed by atoms with van der Waals surface area (Å²) >= 11 is 0. The normalized spacial score (nSPS) is 20.0. The van der Waals surface area contributed by atoms with Gasteiger partial charge in [0.05, 0.1) is 0 Å². The molecule has 2 amide bonds. The minimum absolute atomic E-state index is 0.00581.